The summed E-state index contributed by atoms with van der Waals surface area (Å²) in [4.78, 5) is 5.81. The topological polar surface area (TPSA) is 45.1 Å². The van der Waals surface area contributed by atoms with Gasteiger partial charge < -0.3 is 14.7 Å². The zero-order valence-electron chi connectivity index (χ0n) is 6.08. The number of ether oxygens (including phenoxy) is 1. The maximum atomic E-state index is 8.59. The minimum Gasteiger partial charge on any atom is -0.463 e. The Bertz CT molecular complexity index is 136. The normalized spacial score (nSPS) is 21.8. The average molecular weight is 144 g/mol. The van der Waals surface area contributed by atoms with Crippen molar-refractivity contribution >= 4 is 6.02 Å². The molecular formula is C6H12N2O2. The van der Waals surface area contributed by atoms with Crippen molar-refractivity contribution in [3.05, 3.63) is 0 Å². The first kappa shape index (κ1) is 7.34. The highest BCUT2D eigenvalue weighted by atomic mass is 16.5. The van der Waals surface area contributed by atoms with E-state index in [4.69, 9.17) is 9.84 Å². The van der Waals surface area contributed by atoms with Crippen LogP contribution in [0.3, 0.4) is 0 Å². The van der Waals surface area contributed by atoms with Crippen LogP contribution >= 0.6 is 0 Å². The molecule has 0 radical (unpaired) electrons. The molecule has 1 N–H and O–H groups in total. The number of rotatable bonds is 2. The van der Waals surface area contributed by atoms with Gasteiger partial charge in [-0.05, 0) is 0 Å². The van der Waals surface area contributed by atoms with Crippen molar-refractivity contribution in [1.29, 1.82) is 0 Å². The van der Waals surface area contributed by atoms with Crippen molar-refractivity contribution in [1.82, 2.24) is 4.90 Å². The van der Waals surface area contributed by atoms with Gasteiger partial charge in [-0.3, -0.25) is 0 Å². The van der Waals surface area contributed by atoms with Crippen molar-refractivity contribution < 1.29 is 9.84 Å². The predicted octanol–water partition coefficient (Wildman–Crippen LogP) is -0.703. The van der Waals surface area contributed by atoms with Crippen molar-refractivity contribution in [2.75, 3.05) is 33.4 Å². The molecule has 0 amide bonds. The highest BCUT2D eigenvalue weighted by Crippen LogP contribution is 2.01. The molecule has 4 nitrogen and oxygen atoms in total. The molecule has 0 bridgehead atoms. The molecule has 0 saturated carbocycles. The molecule has 0 aromatic heterocycles. The van der Waals surface area contributed by atoms with E-state index in [1.54, 1.807) is 7.05 Å². The van der Waals surface area contributed by atoms with E-state index in [1.807, 2.05) is 4.90 Å². The summed E-state index contributed by atoms with van der Waals surface area (Å²) in [6, 6.07) is 0.647. The first-order valence-electron chi connectivity index (χ1n) is 3.34. The van der Waals surface area contributed by atoms with Gasteiger partial charge in [-0.25, -0.2) is 4.99 Å². The summed E-state index contributed by atoms with van der Waals surface area (Å²) >= 11 is 0. The molecule has 1 saturated heterocycles. The monoisotopic (exact) mass is 144 g/mol. The van der Waals surface area contributed by atoms with Crippen molar-refractivity contribution in [2.24, 2.45) is 4.99 Å². The van der Waals surface area contributed by atoms with Gasteiger partial charge in [-0.1, -0.05) is 0 Å². The summed E-state index contributed by atoms with van der Waals surface area (Å²) in [7, 11) is 1.69. The molecule has 1 heterocycles. The number of amidine groups is 1. The van der Waals surface area contributed by atoms with Gasteiger partial charge in [0.15, 0.2) is 0 Å². The Balaban J connectivity index is 2.42. The lowest BCUT2D eigenvalue weighted by Crippen LogP contribution is -2.28. The van der Waals surface area contributed by atoms with Crippen LogP contribution in [0.15, 0.2) is 4.99 Å². The van der Waals surface area contributed by atoms with Gasteiger partial charge in [-0.2, -0.15) is 0 Å². The summed E-state index contributed by atoms with van der Waals surface area (Å²) in [6.45, 7) is 2.30. The number of aliphatic hydroxyl groups excluding tert-OH is 1. The highest BCUT2D eigenvalue weighted by Gasteiger charge is 2.17. The molecule has 0 aromatic carbocycles. The van der Waals surface area contributed by atoms with Crippen LogP contribution < -0.4 is 0 Å². The Morgan fingerprint density at radius 1 is 1.80 bits per heavy atom. The van der Waals surface area contributed by atoms with Gasteiger partial charge in [-0.15, -0.1) is 0 Å². The van der Waals surface area contributed by atoms with Crippen LogP contribution in [0.4, 0.5) is 0 Å². The molecule has 0 unspecified atom stereocenters. The molecule has 58 valence electrons. The molecule has 0 aliphatic carbocycles. The summed E-state index contributed by atoms with van der Waals surface area (Å²) in [5.74, 6) is 0. The van der Waals surface area contributed by atoms with E-state index >= 15 is 0 Å². The third kappa shape index (κ3) is 1.39. The van der Waals surface area contributed by atoms with Crippen molar-refractivity contribution in [2.45, 2.75) is 0 Å². The Kier molecular flexibility index (Phi) is 2.50. The zero-order valence-corrected chi connectivity index (χ0v) is 6.08. The number of nitrogens with zero attached hydrogens (tertiary/aromatic N) is 2. The van der Waals surface area contributed by atoms with Crippen LogP contribution in [-0.2, 0) is 4.74 Å². The number of aliphatic imine (C=N–C) groups is 1. The maximum absolute atomic E-state index is 8.59. The molecule has 1 aliphatic rings. The highest BCUT2D eigenvalue weighted by molar-refractivity contribution is 5.75. The molecule has 10 heavy (non-hydrogen) atoms. The second-order valence-electron chi connectivity index (χ2n) is 2.07. The van der Waals surface area contributed by atoms with E-state index in [1.165, 1.54) is 0 Å². The van der Waals surface area contributed by atoms with E-state index < -0.39 is 0 Å². The fourth-order valence-corrected chi connectivity index (χ4v) is 0.968. The second kappa shape index (κ2) is 3.41. The van der Waals surface area contributed by atoms with E-state index in [9.17, 15) is 0 Å². The maximum Gasteiger partial charge on any atom is 0.287 e. The molecule has 1 aliphatic heterocycles. The van der Waals surface area contributed by atoms with Crippen LogP contribution in [0.2, 0.25) is 0 Å². The molecule has 0 spiro atoms. The van der Waals surface area contributed by atoms with E-state index in [-0.39, 0.29) is 6.61 Å². The first-order valence-corrected chi connectivity index (χ1v) is 3.34. The molecular weight excluding hydrogens is 132 g/mol. The standard InChI is InChI=1S/C6H12N2O2/c1-7-6-8(2-4-9)3-5-10-6/h9H,2-5H2,1H3. The van der Waals surface area contributed by atoms with E-state index in [0.29, 0.717) is 19.2 Å². The minimum absolute atomic E-state index is 0.155. The van der Waals surface area contributed by atoms with Gasteiger partial charge in [0, 0.05) is 13.6 Å². The number of hydrogen-bond donors (Lipinski definition) is 1. The average Bonchev–Trinajstić information content (AvgIpc) is 2.36. The number of aliphatic hydroxyl groups is 1. The fourth-order valence-electron chi connectivity index (χ4n) is 0.968. The molecule has 0 atom stereocenters. The molecule has 1 rings (SSSR count). The van der Waals surface area contributed by atoms with Crippen LogP contribution in [0.25, 0.3) is 0 Å². The number of hydrogen-bond acceptors (Lipinski definition) is 3. The summed E-state index contributed by atoms with van der Waals surface area (Å²) in [5, 5.41) is 8.59. The summed E-state index contributed by atoms with van der Waals surface area (Å²) < 4.78 is 5.13. The zero-order chi connectivity index (χ0) is 7.40. The predicted molar refractivity (Wildman–Crippen MR) is 38.0 cm³/mol. The quantitative estimate of drug-likeness (QED) is 0.557. The van der Waals surface area contributed by atoms with Gasteiger partial charge in [0.25, 0.3) is 6.02 Å². The van der Waals surface area contributed by atoms with Crippen LogP contribution in [0.1, 0.15) is 0 Å². The van der Waals surface area contributed by atoms with Crippen LogP contribution in [0, 0.1) is 0 Å². The largest absolute Gasteiger partial charge is 0.463 e. The Morgan fingerprint density at radius 3 is 3.20 bits per heavy atom. The minimum atomic E-state index is 0.155. The Hall–Kier alpha value is -0.770. The van der Waals surface area contributed by atoms with Gasteiger partial charge in [0.1, 0.15) is 6.61 Å². The van der Waals surface area contributed by atoms with Gasteiger partial charge in [0.2, 0.25) is 0 Å². The SMILES string of the molecule is CN=C1OCCN1CCO. The first-order chi connectivity index (χ1) is 4.88. The third-order valence-corrected chi connectivity index (χ3v) is 1.42. The smallest absolute Gasteiger partial charge is 0.287 e. The van der Waals surface area contributed by atoms with Crippen molar-refractivity contribution in [3.63, 3.8) is 0 Å². The Labute approximate surface area is 60.1 Å². The lowest BCUT2D eigenvalue weighted by Gasteiger charge is -2.12. The number of β-amino-alcohol motifs (C(OH)–C–C–N with tert-alkyl or cyclic N) is 1. The lowest BCUT2D eigenvalue weighted by atomic mass is 10.5. The molecule has 0 aromatic rings. The van der Waals surface area contributed by atoms with Crippen molar-refractivity contribution in [3.8, 4) is 0 Å². The third-order valence-electron chi connectivity index (χ3n) is 1.42. The van der Waals surface area contributed by atoms with Gasteiger partial charge in [0.05, 0.1) is 13.2 Å². The molecule has 1 fully saturated rings. The Morgan fingerprint density at radius 2 is 2.60 bits per heavy atom. The summed E-state index contributed by atoms with van der Waals surface area (Å²) in [5.41, 5.74) is 0. The van der Waals surface area contributed by atoms with Crippen LogP contribution in [0.5, 0.6) is 0 Å². The van der Waals surface area contributed by atoms with Crippen LogP contribution in [-0.4, -0.2) is 49.4 Å². The summed E-state index contributed by atoms with van der Waals surface area (Å²) in [6.07, 6.45) is 0. The van der Waals surface area contributed by atoms with E-state index in [2.05, 4.69) is 4.99 Å². The fraction of sp³-hybridized carbons (Fsp3) is 0.833. The second-order valence-corrected chi connectivity index (χ2v) is 2.07. The van der Waals surface area contributed by atoms with Gasteiger partial charge >= 0.3 is 0 Å². The van der Waals surface area contributed by atoms with E-state index in [0.717, 1.165) is 6.54 Å². The lowest BCUT2D eigenvalue weighted by molar-refractivity contribution is 0.256. The molecule has 4 heteroatoms.